The van der Waals surface area contributed by atoms with E-state index in [4.69, 9.17) is 11.6 Å². The van der Waals surface area contributed by atoms with Crippen molar-refractivity contribution >= 4 is 23.4 Å². The summed E-state index contributed by atoms with van der Waals surface area (Å²) in [6.07, 6.45) is 5.14. The lowest BCUT2D eigenvalue weighted by molar-refractivity contribution is -0.134. The van der Waals surface area contributed by atoms with E-state index in [1.165, 1.54) is 18.2 Å². The molecule has 28 heavy (non-hydrogen) atoms. The molecule has 5 nitrogen and oxygen atoms in total. The first-order valence-electron chi connectivity index (χ1n) is 10.1. The molecule has 0 spiro atoms. The van der Waals surface area contributed by atoms with Crippen molar-refractivity contribution in [1.29, 1.82) is 0 Å². The summed E-state index contributed by atoms with van der Waals surface area (Å²) in [5, 5.41) is 6.18. The molecule has 1 aromatic rings. The van der Waals surface area contributed by atoms with Crippen molar-refractivity contribution < 1.29 is 14.0 Å². The Balaban J connectivity index is 1.33. The highest BCUT2D eigenvalue weighted by Crippen LogP contribution is 2.40. The average molecular weight is 410 g/mol. The molecule has 2 aliphatic rings. The standard InChI is InChI=1S/C21H29ClFN3O2/c1-21(5-2-6-21)20(28)24-7-10-26-8-3-15(4-9-26)14-25-19(27)16-11-17(22)13-18(23)12-16/h11-13,15H,2-10,14H2,1H3,(H,24,28)(H,25,27). The van der Waals surface area contributed by atoms with Crippen LogP contribution in [0, 0.1) is 17.2 Å². The number of hydrogen-bond acceptors (Lipinski definition) is 3. The molecule has 0 unspecified atom stereocenters. The summed E-state index contributed by atoms with van der Waals surface area (Å²) in [7, 11) is 0. The van der Waals surface area contributed by atoms with Gasteiger partial charge in [0.2, 0.25) is 5.91 Å². The summed E-state index contributed by atoms with van der Waals surface area (Å²) in [5.74, 6) is -0.207. The number of hydrogen-bond donors (Lipinski definition) is 2. The third kappa shape index (κ3) is 5.45. The van der Waals surface area contributed by atoms with Gasteiger partial charge in [0.25, 0.3) is 5.91 Å². The number of amides is 2. The minimum atomic E-state index is -0.510. The summed E-state index contributed by atoms with van der Waals surface area (Å²) in [4.78, 5) is 26.7. The maximum atomic E-state index is 13.4. The molecule has 7 heteroatoms. The van der Waals surface area contributed by atoms with E-state index in [-0.39, 0.29) is 27.8 Å². The van der Waals surface area contributed by atoms with Crippen molar-refractivity contribution in [2.45, 2.75) is 39.0 Å². The molecule has 0 bridgehead atoms. The number of likely N-dealkylation sites (tertiary alicyclic amines) is 1. The monoisotopic (exact) mass is 409 g/mol. The molecule has 1 saturated heterocycles. The molecule has 1 aliphatic carbocycles. The minimum absolute atomic E-state index is 0.142. The number of carbonyl (C=O) groups is 2. The first-order valence-corrected chi connectivity index (χ1v) is 10.5. The summed E-state index contributed by atoms with van der Waals surface area (Å²) in [6.45, 7) is 6.09. The lowest BCUT2D eigenvalue weighted by Gasteiger charge is -2.37. The molecule has 154 valence electrons. The van der Waals surface area contributed by atoms with Gasteiger partial charge < -0.3 is 15.5 Å². The predicted molar refractivity (Wildman–Crippen MR) is 108 cm³/mol. The molecule has 1 aromatic carbocycles. The van der Waals surface area contributed by atoms with E-state index in [1.807, 2.05) is 6.92 Å². The Hall–Kier alpha value is -1.66. The second-order valence-corrected chi connectivity index (χ2v) is 8.76. The third-order valence-corrected chi connectivity index (χ3v) is 6.32. The van der Waals surface area contributed by atoms with Crippen molar-refractivity contribution in [3.8, 4) is 0 Å². The minimum Gasteiger partial charge on any atom is -0.354 e. The van der Waals surface area contributed by atoms with Crippen LogP contribution in [-0.2, 0) is 4.79 Å². The Morgan fingerprint density at radius 2 is 1.93 bits per heavy atom. The SMILES string of the molecule is CC1(C(=O)NCCN2CCC(CNC(=O)c3cc(F)cc(Cl)c3)CC2)CCC1. The van der Waals surface area contributed by atoms with Gasteiger partial charge in [-0.1, -0.05) is 24.9 Å². The molecule has 0 aromatic heterocycles. The highest BCUT2D eigenvalue weighted by atomic mass is 35.5. The van der Waals surface area contributed by atoms with Crippen molar-refractivity contribution in [3.05, 3.63) is 34.6 Å². The molecule has 1 saturated carbocycles. The normalized spacial score (nSPS) is 19.7. The van der Waals surface area contributed by atoms with Gasteiger partial charge >= 0.3 is 0 Å². The zero-order valence-corrected chi connectivity index (χ0v) is 17.2. The zero-order chi connectivity index (χ0) is 20.1. The first-order chi connectivity index (χ1) is 13.4. The second-order valence-electron chi connectivity index (χ2n) is 8.32. The number of piperidine rings is 1. The predicted octanol–water partition coefficient (Wildman–Crippen LogP) is 3.23. The van der Waals surface area contributed by atoms with Gasteiger partial charge in [0.15, 0.2) is 0 Å². The largest absolute Gasteiger partial charge is 0.354 e. The van der Waals surface area contributed by atoms with Crippen LogP contribution in [0.3, 0.4) is 0 Å². The summed E-state index contributed by atoms with van der Waals surface area (Å²) in [6, 6.07) is 3.85. The number of nitrogens with zero attached hydrogens (tertiary/aromatic N) is 1. The highest BCUT2D eigenvalue weighted by molar-refractivity contribution is 6.31. The van der Waals surface area contributed by atoms with Gasteiger partial charge in [0, 0.05) is 35.6 Å². The Kier molecular flexibility index (Phi) is 6.94. The van der Waals surface area contributed by atoms with Crippen molar-refractivity contribution in [1.82, 2.24) is 15.5 Å². The van der Waals surface area contributed by atoms with Gasteiger partial charge in [0.1, 0.15) is 5.82 Å². The van der Waals surface area contributed by atoms with Gasteiger partial charge in [-0.3, -0.25) is 9.59 Å². The molecule has 1 heterocycles. The van der Waals surface area contributed by atoms with E-state index in [1.54, 1.807) is 0 Å². The fraction of sp³-hybridized carbons (Fsp3) is 0.619. The molecule has 2 amide bonds. The lowest BCUT2D eigenvalue weighted by atomic mass is 9.70. The van der Waals surface area contributed by atoms with E-state index in [0.29, 0.717) is 19.0 Å². The summed E-state index contributed by atoms with van der Waals surface area (Å²) in [5.41, 5.74) is 0.107. The number of rotatable bonds is 7. The molecule has 0 radical (unpaired) electrons. The van der Waals surface area contributed by atoms with Crippen molar-refractivity contribution in [2.75, 3.05) is 32.7 Å². The number of benzene rings is 1. The Morgan fingerprint density at radius 1 is 1.21 bits per heavy atom. The first kappa shape index (κ1) is 21.1. The fourth-order valence-corrected chi connectivity index (χ4v) is 4.14. The summed E-state index contributed by atoms with van der Waals surface area (Å²) >= 11 is 5.80. The molecular formula is C21H29ClFN3O2. The van der Waals surface area contributed by atoms with Crippen LogP contribution in [-0.4, -0.2) is 49.4 Å². The van der Waals surface area contributed by atoms with Crippen LogP contribution in [0.15, 0.2) is 18.2 Å². The van der Waals surface area contributed by atoms with Crippen molar-refractivity contribution in [3.63, 3.8) is 0 Å². The maximum absolute atomic E-state index is 13.4. The van der Waals surface area contributed by atoms with E-state index >= 15 is 0 Å². The zero-order valence-electron chi connectivity index (χ0n) is 16.4. The van der Waals surface area contributed by atoms with Crippen LogP contribution in [0.4, 0.5) is 4.39 Å². The molecule has 2 N–H and O–H groups in total. The summed E-state index contributed by atoms with van der Waals surface area (Å²) < 4.78 is 13.4. The smallest absolute Gasteiger partial charge is 0.251 e. The topological polar surface area (TPSA) is 61.4 Å². The van der Waals surface area contributed by atoms with E-state index in [0.717, 1.165) is 51.7 Å². The van der Waals surface area contributed by atoms with Gasteiger partial charge in [-0.25, -0.2) is 4.39 Å². The fourth-order valence-electron chi connectivity index (χ4n) is 3.91. The molecule has 0 atom stereocenters. The molecule has 3 rings (SSSR count). The molecule has 2 fully saturated rings. The van der Waals surface area contributed by atoms with E-state index < -0.39 is 5.82 Å². The van der Waals surface area contributed by atoms with Gasteiger partial charge in [-0.2, -0.15) is 0 Å². The van der Waals surface area contributed by atoms with Crippen molar-refractivity contribution in [2.24, 2.45) is 11.3 Å². The second kappa shape index (κ2) is 9.23. The Morgan fingerprint density at radius 3 is 2.54 bits per heavy atom. The Labute approximate surface area is 171 Å². The van der Waals surface area contributed by atoms with Gasteiger partial charge in [0.05, 0.1) is 0 Å². The van der Waals surface area contributed by atoms with Crippen LogP contribution >= 0.6 is 11.6 Å². The van der Waals surface area contributed by atoms with Crippen LogP contribution < -0.4 is 10.6 Å². The number of carbonyl (C=O) groups excluding carboxylic acids is 2. The van der Waals surface area contributed by atoms with E-state index in [9.17, 15) is 14.0 Å². The van der Waals surface area contributed by atoms with E-state index in [2.05, 4.69) is 15.5 Å². The van der Waals surface area contributed by atoms with Crippen LogP contribution in [0.5, 0.6) is 0 Å². The number of nitrogens with one attached hydrogen (secondary N) is 2. The Bertz CT molecular complexity index is 695. The maximum Gasteiger partial charge on any atom is 0.251 e. The van der Waals surface area contributed by atoms with Crippen LogP contribution in [0.25, 0.3) is 0 Å². The highest BCUT2D eigenvalue weighted by Gasteiger charge is 2.38. The van der Waals surface area contributed by atoms with Gasteiger partial charge in [-0.15, -0.1) is 0 Å². The van der Waals surface area contributed by atoms with Gasteiger partial charge in [-0.05, 0) is 62.9 Å². The third-order valence-electron chi connectivity index (χ3n) is 6.10. The molecular weight excluding hydrogens is 381 g/mol. The quantitative estimate of drug-likeness (QED) is 0.726. The number of halogens is 2. The average Bonchev–Trinajstić information content (AvgIpc) is 2.64. The lowest BCUT2D eigenvalue weighted by Crippen LogP contribution is -2.47. The van der Waals surface area contributed by atoms with Crippen LogP contribution in [0.2, 0.25) is 5.02 Å². The molecule has 1 aliphatic heterocycles. The van der Waals surface area contributed by atoms with Crippen LogP contribution in [0.1, 0.15) is 49.4 Å².